The second-order valence-electron chi connectivity index (χ2n) is 4.57. The summed E-state index contributed by atoms with van der Waals surface area (Å²) < 4.78 is 39.9. The van der Waals surface area contributed by atoms with Crippen molar-refractivity contribution in [2.75, 3.05) is 0 Å². The number of thiazole rings is 1. The van der Waals surface area contributed by atoms with Crippen LogP contribution in [-0.2, 0) is 11.9 Å². The summed E-state index contributed by atoms with van der Waals surface area (Å²) in [4.78, 5) is 17.1. The Balaban J connectivity index is 1.83. The van der Waals surface area contributed by atoms with Gasteiger partial charge in [0.25, 0.3) is 5.56 Å². The molecule has 0 atom stereocenters. The zero-order chi connectivity index (χ0) is 16.6. The highest BCUT2D eigenvalue weighted by Crippen LogP contribution is 2.37. The molecule has 1 aromatic carbocycles. The molecule has 2 heterocycles. The van der Waals surface area contributed by atoms with Crippen molar-refractivity contribution < 1.29 is 13.2 Å². The van der Waals surface area contributed by atoms with Crippen LogP contribution in [-0.4, -0.2) is 9.38 Å². The summed E-state index contributed by atoms with van der Waals surface area (Å²) >= 11 is 8.08. The molecule has 3 nitrogen and oxygen atoms in total. The Bertz CT molecular complexity index is 920. The third kappa shape index (κ3) is 3.54. The number of alkyl halides is 3. The molecule has 0 aliphatic heterocycles. The highest BCUT2D eigenvalue weighted by atomic mass is 35.5. The van der Waals surface area contributed by atoms with E-state index in [4.69, 9.17) is 11.6 Å². The number of halogens is 4. The van der Waals surface area contributed by atoms with E-state index >= 15 is 0 Å². The van der Waals surface area contributed by atoms with E-state index < -0.39 is 11.7 Å². The molecule has 23 heavy (non-hydrogen) atoms. The summed E-state index contributed by atoms with van der Waals surface area (Å²) in [5.41, 5.74) is -0.559. The van der Waals surface area contributed by atoms with E-state index in [1.165, 1.54) is 45.7 Å². The lowest BCUT2D eigenvalue weighted by atomic mass is 10.2. The largest absolute Gasteiger partial charge is 0.417 e. The number of hydrogen-bond acceptors (Lipinski definition) is 4. The molecule has 0 saturated heterocycles. The molecular weight excluding hydrogens is 369 g/mol. The van der Waals surface area contributed by atoms with Gasteiger partial charge in [0, 0.05) is 28.3 Å². The Morgan fingerprint density at radius 2 is 2.09 bits per heavy atom. The minimum atomic E-state index is -4.50. The van der Waals surface area contributed by atoms with Crippen LogP contribution in [0.3, 0.4) is 0 Å². The van der Waals surface area contributed by atoms with Gasteiger partial charge < -0.3 is 0 Å². The normalized spacial score (nSPS) is 12.0. The van der Waals surface area contributed by atoms with E-state index in [1.807, 2.05) is 0 Å². The fraction of sp³-hybridized carbons (Fsp3) is 0.143. The van der Waals surface area contributed by atoms with Crippen molar-refractivity contribution in [3.05, 3.63) is 62.5 Å². The topological polar surface area (TPSA) is 34.4 Å². The van der Waals surface area contributed by atoms with Gasteiger partial charge in [0.1, 0.15) is 0 Å². The SMILES string of the molecule is O=c1cc(CSc2ccc(Cl)c(C(F)(F)F)c2)nc2sccn12. The predicted molar refractivity (Wildman–Crippen MR) is 85.4 cm³/mol. The lowest BCUT2D eigenvalue weighted by Gasteiger charge is -2.10. The second-order valence-corrected chi connectivity index (χ2v) is 6.90. The third-order valence-corrected chi connectivity index (χ3v) is 5.10. The number of aromatic nitrogens is 2. The van der Waals surface area contributed by atoms with Crippen LogP contribution < -0.4 is 5.56 Å². The van der Waals surface area contributed by atoms with Crippen molar-refractivity contribution >= 4 is 39.7 Å². The molecule has 9 heteroatoms. The molecule has 0 aliphatic carbocycles. The molecule has 0 amide bonds. The summed E-state index contributed by atoms with van der Waals surface area (Å²) in [7, 11) is 0. The highest BCUT2D eigenvalue weighted by Gasteiger charge is 2.33. The van der Waals surface area contributed by atoms with Crippen molar-refractivity contribution in [2.24, 2.45) is 0 Å². The predicted octanol–water partition coefficient (Wildman–Crippen LogP) is 4.72. The van der Waals surface area contributed by atoms with Gasteiger partial charge in [0.05, 0.1) is 16.3 Å². The van der Waals surface area contributed by atoms with Crippen molar-refractivity contribution in [1.29, 1.82) is 0 Å². The van der Waals surface area contributed by atoms with Gasteiger partial charge in [0.15, 0.2) is 4.96 Å². The van der Waals surface area contributed by atoms with Crippen LogP contribution in [0.1, 0.15) is 11.3 Å². The summed E-state index contributed by atoms with van der Waals surface area (Å²) in [5, 5.41) is 1.41. The van der Waals surface area contributed by atoms with Gasteiger partial charge in [-0.05, 0) is 18.2 Å². The van der Waals surface area contributed by atoms with Crippen LogP contribution in [0.25, 0.3) is 4.96 Å². The highest BCUT2D eigenvalue weighted by molar-refractivity contribution is 7.98. The number of benzene rings is 1. The van der Waals surface area contributed by atoms with Crippen LogP contribution in [0.15, 0.2) is 45.5 Å². The molecule has 0 radical (unpaired) electrons. The zero-order valence-corrected chi connectivity index (χ0v) is 13.7. The number of rotatable bonds is 3. The van der Waals surface area contributed by atoms with Gasteiger partial charge in [-0.15, -0.1) is 23.1 Å². The number of hydrogen-bond donors (Lipinski definition) is 0. The molecule has 2 aromatic heterocycles. The number of thioether (sulfide) groups is 1. The van der Waals surface area contributed by atoms with E-state index in [1.54, 1.807) is 11.6 Å². The van der Waals surface area contributed by atoms with Crippen LogP contribution in [0.4, 0.5) is 13.2 Å². The standard InChI is InChI=1S/C14H8ClF3N2OS2/c15-11-2-1-9(6-10(11)14(16,17)18)23-7-8-5-12(21)20-3-4-22-13(20)19-8/h1-6H,7H2. The van der Waals surface area contributed by atoms with Crippen LogP contribution in [0.5, 0.6) is 0 Å². The monoisotopic (exact) mass is 376 g/mol. The van der Waals surface area contributed by atoms with E-state index in [9.17, 15) is 18.0 Å². The third-order valence-electron chi connectivity index (χ3n) is 2.99. The molecule has 0 bridgehead atoms. The van der Waals surface area contributed by atoms with Gasteiger partial charge >= 0.3 is 6.18 Å². The lowest BCUT2D eigenvalue weighted by Crippen LogP contribution is -2.12. The Labute approximate surface area is 141 Å². The minimum Gasteiger partial charge on any atom is -0.269 e. The van der Waals surface area contributed by atoms with Crippen molar-refractivity contribution in [2.45, 2.75) is 16.8 Å². The Morgan fingerprint density at radius 3 is 2.83 bits per heavy atom. The van der Waals surface area contributed by atoms with Gasteiger partial charge in [0.2, 0.25) is 0 Å². The first-order valence-corrected chi connectivity index (χ1v) is 8.54. The lowest BCUT2D eigenvalue weighted by molar-refractivity contribution is -0.137. The van der Waals surface area contributed by atoms with Crippen molar-refractivity contribution in [3.63, 3.8) is 0 Å². The molecule has 0 fully saturated rings. The van der Waals surface area contributed by atoms with E-state index in [2.05, 4.69) is 4.98 Å². The smallest absolute Gasteiger partial charge is 0.269 e. The molecule has 120 valence electrons. The van der Waals surface area contributed by atoms with Crippen molar-refractivity contribution in [3.8, 4) is 0 Å². The summed E-state index contributed by atoms with van der Waals surface area (Å²) in [6, 6.07) is 5.12. The Kier molecular flexibility index (Phi) is 4.39. The maximum atomic E-state index is 12.8. The minimum absolute atomic E-state index is 0.209. The zero-order valence-electron chi connectivity index (χ0n) is 11.3. The number of fused-ring (bicyclic) bond motifs is 1. The van der Waals surface area contributed by atoms with E-state index in [0.29, 0.717) is 21.3 Å². The molecule has 0 unspecified atom stereocenters. The first kappa shape index (κ1) is 16.4. The molecule has 3 aromatic rings. The molecule has 3 rings (SSSR count). The quantitative estimate of drug-likeness (QED) is 0.620. The molecule has 0 spiro atoms. The van der Waals surface area contributed by atoms with Gasteiger partial charge in [-0.25, -0.2) is 4.98 Å². The summed E-state index contributed by atoms with van der Waals surface area (Å²) in [5.74, 6) is 0.294. The molecule has 0 aliphatic rings. The average Bonchev–Trinajstić information content (AvgIpc) is 2.94. The average molecular weight is 377 g/mol. The maximum Gasteiger partial charge on any atom is 0.417 e. The van der Waals surface area contributed by atoms with Crippen LogP contribution in [0.2, 0.25) is 5.02 Å². The van der Waals surface area contributed by atoms with E-state index in [-0.39, 0.29) is 10.6 Å². The fourth-order valence-corrected chi connectivity index (χ4v) is 3.72. The van der Waals surface area contributed by atoms with Gasteiger partial charge in [-0.3, -0.25) is 9.20 Å². The molecular formula is C14H8ClF3N2OS2. The molecule has 0 saturated carbocycles. The van der Waals surface area contributed by atoms with E-state index in [0.717, 1.165) is 6.07 Å². The van der Waals surface area contributed by atoms with Crippen molar-refractivity contribution in [1.82, 2.24) is 9.38 Å². The Morgan fingerprint density at radius 1 is 1.30 bits per heavy atom. The summed E-state index contributed by atoms with van der Waals surface area (Å²) in [6.07, 6.45) is -2.87. The Hall–Kier alpha value is -1.51. The number of nitrogens with zero attached hydrogens (tertiary/aromatic N) is 2. The first-order chi connectivity index (χ1) is 10.8. The van der Waals surface area contributed by atoms with Crippen LogP contribution >= 0.6 is 34.7 Å². The molecule has 0 N–H and O–H groups in total. The second kappa shape index (κ2) is 6.18. The fourth-order valence-electron chi connectivity index (χ4n) is 1.93. The summed E-state index contributed by atoms with van der Waals surface area (Å²) in [6.45, 7) is 0. The maximum absolute atomic E-state index is 12.8. The van der Waals surface area contributed by atoms with Gasteiger partial charge in [-0.1, -0.05) is 11.6 Å². The first-order valence-electron chi connectivity index (χ1n) is 6.30. The van der Waals surface area contributed by atoms with Gasteiger partial charge in [-0.2, -0.15) is 13.2 Å². The van der Waals surface area contributed by atoms with Crippen LogP contribution in [0, 0.1) is 0 Å².